The highest BCUT2D eigenvalue weighted by Gasteiger charge is 2.31. The zero-order chi connectivity index (χ0) is 41.8. The maximum Gasteiger partial charge on any atom is 0.416 e. The maximum absolute atomic E-state index is 12.7. The Labute approximate surface area is 326 Å². The Kier molecular flexibility index (Phi) is 23.1. The molecule has 0 saturated heterocycles. The molecule has 0 aliphatic heterocycles. The summed E-state index contributed by atoms with van der Waals surface area (Å²) in [5, 5.41) is 24.6. The van der Waals surface area contributed by atoms with Gasteiger partial charge in [0.1, 0.15) is 19.1 Å². The highest BCUT2D eigenvalue weighted by Crippen LogP contribution is 2.37. The normalized spacial score (nSPS) is 12.2. The molecule has 24 heteroatoms. The Morgan fingerprint density at radius 2 is 1.48 bits per heavy atom. The van der Waals surface area contributed by atoms with Gasteiger partial charge in [-0.05, 0) is 79.7 Å². The van der Waals surface area contributed by atoms with Crippen molar-refractivity contribution in [3.63, 3.8) is 0 Å². The lowest BCUT2D eigenvalue weighted by molar-refractivity contribution is -0.193. The summed E-state index contributed by atoms with van der Waals surface area (Å²) in [4.78, 5) is 62.4. The Morgan fingerprint density at radius 3 is 1.91 bits per heavy atom. The van der Waals surface area contributed by atoms with Crippen molar-refractivity contribution in [1.29, 1.82) is 0 Å². The number of hydrogen-bond donors (Lipinski definition) is 6. The molecule has 0 amide bonds. The quantitative estimate of drug-likeness (QED) is 0.0707. The van der Waals surface area contributed by atoms with E-state index in [9.17, 15) is 37.0 Å². The van der Waals surface area contributed by atoms with Gasteiger partial charge in [-0.1, -0.05) is 23.2 Å². The van der Waals surface area contributed by atoms with Crippen LogP contribution < -0.4 is 25.6 Å². The number of anilines is 2. The summed E-state index contributed by atoms with van der Waals surface area (Å²) in [7, 11) is -3.71. The first kappa shape index (κ1) is 50.4. The van der Waals surface area contributed by atoms with Crippen LogP contribution in [0.25, 0.3) is 0 Å². The van der Waals surface area contributed by atoms with E-state index in [1.54, 1.807) is 0 Å². The Bertz CT molecular complexity index is 1700. The SMILES string of the molecule is CCNc1nc(Cl)nc(NCC)n1.C[C@H](OC(=O)c1cc(Oc2ccc(C(F)(F)F)cc2Cl)ccc1Cl)C(=O)O.C[S+](C)C.O=C(O)CNCP(=O)([O-])O. The van der Waals surface area contributed by atoms with Crippen LogP contribution in [-0.2, 0) is 36.0 Å². The molecule has 6 N–H and O–H groups in total. The molecule has 0 fully saturated rings. The molecule has 0 aliphatic carbocycles. The van der Waals surface area contributed by atoms with Gasteiger partial charge in [0.05, 0.1) is 52.8 Å². The average Bonchev–Trinajstić information content (AvgIpc) is 3.02. The molecule has 0 bridgehead atoms. The number of rotatable bonds is 13. The minimum absolute atomic E-state index is 0.0246. The van der Waals surface area contributed by atoms with E-state index in [2.05, 4.69) is 44.4 Å². The number of halogens is 6. The number of alkyl halides is 3. The number of hydrogen-bond acceptors (Lipinski definition) is 13. The molecule has 3 aromatic rings. The molecule has 0 saturated carbocycles. The van der Waals surface area contributed by atoms with Crippen molar-refractivity contribution < 1.29 is 61.6 Å². The van der Waals surface area contributed by atoms with Gasteiger partial charge in [-0.2, -0.15) is 28.1 Å². The summed E-state index contributed by atoms with van der Waals surface area (Å²) < 4.78 is 58.1. The maximum atomic E-state index is 12.7. The highest BCUT2D eigenvalue weighted by atomic mass is 35.5. The van der Waals surface area contributed by atoms with E-state index < -0.39 is 56.2 Å². The van der Waals surface area contributed by atoms with Crippen LogP contribution in [0.1, 0.15) is 36.7 Å². The zero-order valence-electron chi connectivity index (χ0n) is 29.5. The number of ether oxygens (including phenoxy) is 2. The van der Waals surface area contributed by atoms with Gasteiger partial charge >= 0.3 is 24.1 Å². The number of aromatic nitrogens is 3. The summed E-state index contributed by atoms with van der Waals surface area (Å²) in [5.74, 6) is -2.56. The van der Waals surface area contributed by atoms with Crippen molar-refractivity contribution in [2.75, 3.05) is 55.3 Å². The molecule has 54 heavy (non-hydrogen) atoms. The summed E-state index contributed by atoms with van der Waals surface area (Å²) in [5.41, 5.74) is -1.12. The van der Waals surface area contributed by atoms with Gasteiger partial charge < -0.3 is 44.7 Å². The monoisotopic (exact) mass is 868 g/mol. The second kappa shape index (κ2) is 24.7. The molecule has 3 rings (SSSR count). The number of carboxylic acids is 2. The first-order valence-corrected chi connectivity index (χ1v) is 20.4. The third kappa shape index (κ3) is 22.6. The van der Waals surface area contributed by atoms with Crippen LogP contribution >= 0.6 is 42.4 Å². The highest BCUT2D eigenvalue weighted by molar-refractivity contribution is 7.94. The van der Waals surface area contributed by atoms with Gasteiger partial charge in [0.25, 0.3) is 0 Å². The van der Waals surface area contributed by atoms with Crippen LogP contribution in [-0.4, -0.2) is 98.8 Å². The van der Waals surface area contributed by atoms with E-state index in [-0.39, 0.29) is 32.4 Å². The first-order valence-electron chi connectivity index (χ1n) is 15.0. The minimum Gasteiger partial charge on any atom is -0.778 e. The minimum atomic E-state index is -4.56. The summed E-state index contributed by atoms with van der Waals surface area (Å²) >= 11 is 17.4. The van der Waals surface area contributed by atoms with Crippen molar-refractivity contribution in [2.45, 2.75) is 33.1 Å². The van der Waals surface area contributed by atoms with E-state index in [4.69, 9.17) is 59.4 Å². The van der Waals surface area contributed by atoms with Crippen molar-refractivity contribution >= 4 is 83.1 Å². The van der Waals surface area contributed by atoms with E-state index in [0.717, 1.165) is 38.2 Å². The third-order valence-corrected chi connectivity index (χ3v) is 6.56. The van der Waals surface area contributed by atoms with Crippen LogP contribution in [0.15, 0.2) is 36.4 Å². The van der Waals surface area contributed by atoms with Crippen molar-refractivity contribution in [2.24, 2.45) is 0 Å². The molecule has 1 unspecified atom stereocenters. The predicted octanol–water partition coefficient (Wildman–Crippen LogP) is 5.48. The molecule has 302 valence electrons. The smallest absolute Gasteiger partial charge is 0.416 e. The Balaban J connectivity index is 0.000000858. The summed E-state index contributed by atoms with van der Waals surface area (Å²) in [6, 6.07) is 6.33. The topological polar surface area (TPSA) is 245 Å². The number of carboxylic acid groups (broad SMARTS) is 2. The Morgan fingerprint density at radius 1 is 0.944 bits per heavy atom. The van der Waals surface area contributed by atoms with E-state index in [1.807, 2.05) is 19.2 Å². The molecule has 2 atom stereocenters. The fourth-order valence-corrected chi connectivity index (χ4v) is 3.98. The molecular formula is C30H39Cl3F3N6O10PS. The van der Waals surface area contributed by atoms with Gasteiger partial charge in [0.15, 0.2) is 6.10 Å². The van der Waals surface area contributed by atoms with Gasteiger partial charge in [0.2, 0.25) is 17.2 Å². The molecular weight excluding hydrogens is 831 g/mol. The van der Waals surface area contributed by atoms with Crippen LogP contribution in [0, 0.1) is 0 Å². The number of carbonyl (C=O) groups is 3. The number of nitrogens with zero attached hydrogens (tertiary/aromatic N) is 3. The fraction of sp³-hybridized carbons (Fsp3) is 0.400. The summed E-state index contributed by atoms with van der Waals surface area (Å²) in [6.07, 6.45) is -0.0815. The average molecular weight is 870 g/mol. The van der Waals surface area contributed by atoms with Crippen molar-refractivity contribution in [3.8, 4) is 11.5 Å². The molecule has 1 heterocycles. The molecule has 16 nitrogen and oxygen atoms in total. The van der Waals surface area contributed by atoms with Crippen molar-refractivity contribution in [1.82, 2.24) is 20.3 Å². The molecule has 0 aliphatic rings. The van der Waals surface area contributed by atoms with Gasteiger partial charge in [-0.25, -0.2) is 9.59 Å². The molecule has 0 spiro atoms. The summed E-state index contributed by atoms with van der Waals surface area (Å²) in [6.45, 7) is 6.12. The molecule has 2 aromatic carbocycles. The molecule has 1 aromatic heterocycles. The van der Waals surface area contributed by atoms with Gasteiger partial charge in [-0.3, -0.25) is 10.1 Å². The number of carbonyl (C=O) groups excluding carboxylic acids is 1. The van der Waals surface area contributed by atoms with Crippen molar-refractivity contribution in [3.05, 3.63) is 62.9 Å². The number of aliphatic carboxylic acids is 2. The lowest BCUT2D eigenvalue weighted by atomic mass is 10.2. The van der Waals surface area contributed by atoms with Crippen LogP contribution in [0.4, 0.5) is 25.1 Å². The predicted molar refractivity (Wildman–Crippen MR) is 199 cm³/mol. The molecule has 0 radical (unpaired) electrons. The lowest BCUT2D eigenvalue weighted by Crippen LogP contribution is -2.25. The first-order chi connectivity index (χ1) is 24.9. The zero-order valence-corrected chi connectivity index (χ0v) is 33.5. The number of nitrogens with one attached hydrogen (secondary N) is 3. The number of benzene rings is 2. The van der Waals surface area contributed by atoms with E-state index in [0.29, 0.717) is 28.9 Å². The van der Waals surface area contributed by atoms with E-state index in [1.165, 1.54) is 12.1 Å². The van der Waals surface area contributed by atoms with Crippen LogP contribution in [0.2, 0.25) is 15.3 Å². The third-order valence-electron chi connectivity index (χ3n) is 5.14. The standard InChI is InChI=1S/C17H11Cl2F3O5.C7H12ClN5.C3H8NO5P.C3H9S/c1-8(15(23)24)26-16(25)11-7-10(3-4-12(11)18)27-14-5-2-9(6-13(14)19)17(20,21)22;1-3-9-6-11-5(8)12-7(13-6)10-4-2;5-3(6)1-4-2-10(7,8)9;1-4(2)3/h2-8H,1H3,(H,23,24);3-4H2,1-2H3,(H2,9,10,11,12,13);4H,1-2H2,(H,5,6)(H2,7,8,9);1-3H3/q;;;+1/p-1/t8-;;;/m0.../s1. The van der Waals surface area contributed by atoms with Gasteiger partial charge in [0, 0.05) is 13.1 Å². The fourth-order valence-electron chi connectivity index (χ4n) is 3.01. The second-order valence-electron chi connectivity index (χ2n) is 10.4. The second-order valence-corrected chi connectivity index (χ2v) is 15.6. The van der Waals surface area contributed by atoms with E-state index >= 15 is 0 Å². The van der Waals surface area contributed by atoms with Crippen LogP contribution in [0.3, 0.4) is 0 Å². The largest absolute Gasteiger partial charge is 0.778 e. The van der Waals surface area contributed by atoms with Crippen LogP contribution in [0.5, 0.6) is 11.5 Å². The van der Waals surface area contributed by atoms with Gasteiger partial charge in [-0.15, -0.1) is 0 Å². The number of esters is 1. The Hall–Kier alpha value is -3.62. The lowest BCUT2D eigenvalue weighted by Gasteiger charge is -2.14.